The number of imidazole rings is 1. The Morgan fingerprint density at radius 3 is 2.81 bits per heavy atom. The highest BCUT2D eigenvalue weighted by atomic mass is 16.4. The summed E-state index contributed by atoms with van der Waals surface area (Å²) < 4.78 is 1.97. The smallest absolute Gasteiger partial charge is 0.411 e. The minimum atomic E-state index is -0.980. The van der Waals surface area contributed by atoms with Crippen LogP contribution in [-0.4, -0.2) is 27.8 Å². The van der Waals surface area contributed by atoms with Gasteiger partial charge in [-0.1, -0.05) is 0 Å². The molecular formula is C11H13N3O2. The van der Waals surface area contributed by atoms with Crippen molar-refractivity contribution in [2.45, 2.75) is 6.92 Å². The van der Waals surface area contributed by atoms with Crippen LogP contribution >= 0.6 is 0 Å². The average Bonchev–Trinajstić information content (AvgIpc) is 2.53. The number of aromatic nitrogens is 2. The molecule has 0 aliphatic rings. The largest absolute Gasteiger partial charge is 0.465 e. The summed E-state index contributed by atoms with van der Waals surface area (Å²) in [5.74, 6) is 0.908. The van der Waals surface area contributed by atoms with Crippen LogP contribution in [-0.2, 0) is 7.05 Å². The van der Waals surface area contributed by atoms with Crippen LogP contribution < -0.4 is 4.90 Å². The zero-order valence-corrected chi connectivity index (χ0v) is 9.43. The van der Waals surface area contributed by atoms with Crippen LogP contribution in [0.25, 0.3) is 11.0 Å². The Labute approximate surface area is 92.9 Å². The van der Waals surface area contributed by atoms with Gasteiger partial charge in [0.05, 0.1) is 11.0 Å². The quantitative estimate of drug-likeness (QED) is 0.798. The summed E-state index contributed by atoms with van der Waals surface area (Å²) in [6.07, 6.45) is -0.980. The van der Waals surface area contributed by atoms with Gasteiger partial charge in [0.15, 0.2) is 0 Å². The minimum Gasteiger partial charge on any atom is -0.465 e. The fraction of sp³-hybridized carbons (Fsp3) is 0.273. The van der Waals surface area contributed by atoms with E-state index < -0.39 is 6.09 Å². The Kier molecular flexibility index (Phi) is 2.30. The summed E-state index contributed by atoms with van der Waals surface area (Å²) in [5, 5.41) is 8.87. The predicted octanol–water partition coefficient (Wildman–Crippen LogP) is 2.00. The summed E-state index contributed by atoms with van der Waals surface area (Å²) in [4.78, 5) is 16.3. The fourth-order valence-electron chi connectivity index (χ4n) is 1.63. The molecule has 2 rings (SSSR count). The molecule has 0 aliphatic heterocycles. The van der Waals surface area contributed by atoms with Crippen molar-refractivity contribution in [1.82, 2.24) is 9.55 Å². The lowest BCUT2D eigenvalue weighted by Crippen LogP contribution is -2.23. The van der Waals surface area contributed by atoms with Crippen molar-refractivity contribution in [1.29, 1.82) is 0 Å². The van der Waals surface area contributed by atoms with E-state index in [1.54, 1.807) is 12.1 Å². The van der Waals surface area contributed by atoms with E-state index in [-0.39, 0.29) is 0 Å². The molecule has 16 heavy (non-hydrogen) atoms. The van der Waals surface area contributed by atoms with Crippen molar-refractivity contribution in [3.05, 3.63) is 24.0 Å². The molecule has 0 spiro atoms. The number of anilines is 1. The molecule has 0 unspecified atom stereocenters. The third-order valence-corrected chi connectivity index (χ3v) is 2.76. The summed E-state index contributed by atoms with van der Waals surface area (Å²) in [6.45, 7) is 1.92. The van der Waals surface area contributed by atoms with E-state index in [1.165, 1.54) is 11.9 Å². The van der Waals surface area contributed by atoms with Gasteiger partial charge in [-0.25, -0.2) is 9.78 Å². The van der Waals surface area contributed by atoms with Gasteiger partial charge in [0, 0.05) is 19.8 Å². The van der Waals surface area contributed by atoms with Crippen molar-refractivity contribution < 1.29 is 9.90 Å². The monoisotopic (exact) mass is 219 g/mol. The van der Waals surface area contributed by atoms with Crippen molar-refractivity contribution in [3.8, 4) is 0 Å². The topological polar surface area (TPSA) is 58.4 Å². The number of hydrogen-bond acceptors (Lipinski definition) is 2. The SMILES string of the molecule is Cc1nc2cc(N(C)C(=O)O)ccc2n1C. The van der Waals surface area contributed by atoms with E-state index in [9.17, 15) is 4.79 Å². The Morgan fingerprint density at radius 1 is 1.50 bits per heavy atom. The normalized spacial score (nSPS) is 10.7. The zero-order valence-electron chi connectivity index (χ0n) is 9.43. The number of amides is 1. The van der Waals surface area contributed by atoms with E-state index >= 15 is 0 Å². The van der Waals surface area contributed by atoms with E-state index in [0.717, 1.165) is 16.9 Å². The van der Waals surface area contributed by atoms with Crippen LogP contribution in [0.15, 0.2) is 18.2 Å². The molecule has 5 nitrogen and oxygen atoms in total. The number of carbonyl (C=O) groups is 1. The number of rotatable bonds is 1. The van der Waals surface area contributed by atoms with Gasteiger partial charge < -0.3 is 9.67 Å². The maximum atomic E-state index is 10.8. The highest BCUT2D eigenvalue weighted by Gasteiger charge is 2.11. The van der Waals surface area contributed by atoms with Crippen LogP contribution in [0.1, 0.15) is 5.82 Å². The van der Waals surface area contributed by atoms with Crippen molar-refractivity contribution in [3.63, 3.8) is 0 Å². The third kappa shape index (κ3) is 1.50. The average molecular weight is 219 g/mol. The second kappa shape index (κ2) is 3.52. The van der Waals surface area contributed by atoms with Gasteiger partial charge in [-0.2, -0.15) is 0 Å². The van der Waals surface area contributed by atoms with Crippen LogP contribution in [0.2, 0.25) is 0 Å². The molecule has 0 atom stereocenters. The molecule has 5 heteroatoms. The lowest BCUT2D eigenvalue weighted by Gasteiger charge is -2.12. The van der Waals surface area contributed by atoms with Gasteiger partial charge in [-0.3, -0.25) is 4.90 Å². The molecule has 0 saturated carbocycles. The number of hydrogen-bond donors (Lipinski definition) is 1. The van der Waals surface area contributed by atoms with E-state index in [1.807, 2.05) is 24.6 Å². The molecule has 0 radical (unpaired) electrons. The number of nitrogens with zero attached hydrogens (tertiary/aromatic N) is 3. The standard InChI is InChI=1S/C11H13N3O2/c1-7-12-9-6-8(14(3)11(15)16)4-5-10(9)13(7)2/h4-6H,1-3H3,(H,15,16). The van der Waals surface area contributed by atoms with E-state index in [0.29, 0.717) is 5.69 Å². The number of benzene rings is 1. The molecule has 2 aromatic rings. The first-order valence-corrected chi connectivity index (χ1v) is 4.90. The van der Waals surface area contributed by atoms with Crippen molar-refractivity contribution in [2.24, 2.45) is 7.05 Å². The van der Waals surface area contributed by atoms with Gasteiger partial charge in [0.1, 0.15) is 5.82 Å². The minimum absolute atomic E-state index is 0.623. The van der Waals surface area contributed by atoms with Gasteiger partial charge in [0.2, 0.25) is 0 Å². The summed E-state index contributed by atoms with van der Waals surface area (Å²) in [5.41, 5.74) is 2.43. The summed E-state index contributed by atoms with van der Waals surface area (Å²) in [6, 6.07) is 5.43. The molecule has 0 fully saturated rings. The Hall–Kier alpha value is -2.04. The van der Waals surface area contributed by atoms with Crippen LogP contribution in [0.5, 0.6) is 0 Å². The molecule has 0 saturated heterocycles. The van der Waals surface area contributed by atoms with Crippen molar-refractivity contribution in [2.75, 3.05) is 11.9 Å². The fourth-order valence-corrected chi connectivity index (χ4v) is 1.63. The van der Waals surface area contributed by atoms with Crippen LogP contribution in [0.4, 0.5) is 10.5 Å². The van der Waals surface area contributed by atoms with Gasteiger partial charge in [0.25, 0.3) is 0 Å². The van der Waals surface area contributed by atoms with Crippen molar-refractivity contribution >= 4 is 22.8 Å². The van der Waals surface area contributed by atoms with Crippen LogP contribution in [0.3, 0.4) is 0 Å². The molecule has 1 aromatic heterocycles. The second-order valence-corrected chi connectivity index (χ2v) is 3.73. The highest BCUT2D eigenvalue weighted by Crippen LogP contribution is 2.21. The van der Waals surface area contributed by atoms with E-state index in [4.69, 9.17) is 5.11 Å². The summed E-state index contributed by atoms with van der Waals surface area (Å²) in [7, 11) is 3.45. The van der Waals surface area contributed by atoms with Gasteiger partial charge >= 0.3 is 6.09 Å². The molecule has 0 bridgehead atoms. The predicted molar refractivity (Wildman–Crippen MR) is 61.9 cm³/mol. The molecule has 84 valence electrons. The zero-order chi connectivity index (χ0) is 11.9. The first kappa shape index (κ1) is 10.5. The molecule has 1 heterocycles. The Balaban J connectivity index is 2.56. The first-order chi connectivity index (χ1) is 7.50. The third-order valence-electron chi connectivity index (χ3n) is 2.76. The molecule has 1 aromatic carbocycles. The second-order valence-electron chi connectivity index (χ2n) is 3.73. The lowest BCUT2D eigenvalue weighted by atomic mass is 10.2. The number of fused-ring (bicyclic) bond motifs is 1. The first-order valence-electron chi connectivity index (χ1n) is 4.90. The van der Waals surface area contributed by atoms with Gasteiger partial charge in [-0.15, -0.1) is 0 Å². The van der Waals surface area contributed by atoms with Gasteiger partial charge in [-0.05, 0) is 25.1 Å². The summed E-state index contributed by atoms with van der Waals surface area (Å²) >= 11 is 0. The van der Waals surface area contributed by atoms with Crippen LogP contribution in [0, 0.1) is 6.92 Å². The Morgan fingerprint density at radius 2 is 2.19 bits per heavy atom. The Bertz CT molecular complexity index is 560. The maximum absolute atomic E-state index is 10.8. The molecule has 1 N–H and O–H groups in total. The molecular weight excluding hydrogens is 206 g/mol. The maximum Gasteiger partial charge on any atom is 0.411 e. The highest BCUT2D eigenvalue weighted by molar-refractivity contribution is 5.89. The van der Waals surface area contributed by atoms with E-state index in [2.05, 4.69) is 4.98 Å². The molecule has 1 amide bonds. The lowest BCUT2D eigenvalue weighted by molar-refractivity contribution is 0.203. The number of aryl methyl sites for hydroxylation is 2. The molecule has 0 aliphatic carbocycles. The number of carboxylic acid groups (broad SMARTS) is 1.